The molecule has 9 heteroatoms. The van der Waals surface area contributed by atoms with Gasteiger partial charge in [0.15, 0.2) is 0 Å². The van der Waals surface area contributed by atoms with E-state index in [0.29, 0.717) is 5.69 Å². The number of aryl methyl sites for hydroxylation is 1. The Hall–Kier alpha value is -3.43. The largest absolute Gasteiger partial charge is 0.322 e. The normalized spacial score (nSPS) is 11.4. The Kier molecular flexibility index (Phi) is 5.38. The molecule has 0 aliphatic heterocycles. The van der Waals surface area contributed by atoms with Crippen LogP contribution in [-0.4, -0.2) is 25.9 Å². The lowest BCUT2D eigenvalue weighted by Crippen LogP contribution is -2.29. The highest BCUT2D eigenvalue weighted by Crippen LogP contribution is 2.27. The summed E-state index contributed by atoms with van der Waals surface area (Å²) in [6.45, 7) is 0. The van der Waals surface area contributed by atoms with Gasteiger partial charge in [0.2, 0.25) is 0 Å². The molecular weight excluding hydrogens is 434 g/mol. The number of nitrogens with one attached hydrogen (secondary N) is 1. The first-order chi connectivity index (χ1) is 14.8. The number of sulfonamides is 1. The number of carbonyl (C=O) groups is 1. The SMILES string of the molecule is CN(c1ccccc1C(=O)Nc1ccc2c(c1)sc(=O)n2C)S(=O)(=O)c1ccccc1. The van der Waals surface area contributed by atoms with E-state index in [1.807, 2.05) is 0 Å². The second kappa shape index (κ2) is 8.01. The average molecular weight is 454 g/mol. The van der Waals surface area contributed by atoms with Gasteiger partial charge in [-0.15, -0.1) is 0 Å². The Morgan fingerprint density at radius 1 is 1.00 bits per heavy atom. The van der Waals surface area contributed by atoms with Crippen molar-refractivity contribution in [1.82, 2.24) is 4.57 Å². The van der Waals surface area contributed by atoms with E-state index in [4.69, 9.17) is 0 Å². The zero-order valence-corrected chi connectivity index (χ0v) is 18.4. The van der Waals surface area contributed by atoms with E-state index in [-0.39, 0.29) is 21.0 Å². The standard InChI is InChI=1S/C22H19N3O4S2/c1-24-19-13-12-15(14-20(19)30-22(24)27)23-21(26)17-10-6-7-11-18(17)25(2)31(28,29)16-8-4-3-5-9-16/h3-14H,1-2H3,(H,23,26). The monoisotopic (exact) mass is 453 g/mol. The summed E-state index contributed by atoms with van der Waals surface area (Å²) in [5.41, 5.74) is 1.77. The molecule has 1 heterocycles. The fraction of sp³-hybridized carbons (Fsp3) is 0.0909. The Balaban J connectivity index is 1.67. The zero-order chi connectivity index (χ0) is 22.2. The molecule has 4 aromatic rings. The molecule has 4 rings (SSSR count). The number of carbonyl (C=O) groups excluding carboxylic acids is 1. The summed E-state index contributed by atoms with van der Waals surface area (Å²) < 4.78 is 29.4. The van der Waals surface area contributed by atoms with E-state index >= 15 is 0 Å². The van der Waals surface area contributed by atoms with Gasteiger partial charge in [-0.25, -0.2) is 8.42 Å². The minimum atomic E-state index is -3.83. The highest BCUT2D eigenvalue weighted by Gasteiger charge is 2.25. The van der Waals surface area contributed by atoms with E-state index in [1.54, 1.807) is 72.3 Å². The van der Waals surface area contributed by atoms with E-state index in [2.05, 4.69) is 5.32 Å². The van der Waals surface area contributed by atoms with Gasteiger partial charge >= 0.3 is 4.87 Å². The van der Waals surface area contributed by atoms with Gasteiger partial charge in [-0.1, -0.05) is 41.7 Å². The number of aromatic nitrogens is 1. The van der Waals surface area contributed by atoms with Crippen molar-refractivity contribution in [2.24, 2.45) is 7.05 Å². The van der Waals surface area contributed by atoms with Crippen LogP contribution >= 0.6 is 11.3 Å². The summed E-state index contributed by atoms with van der Waals surface area (Å²) in [6, 6.07) is 19.8. The lowest BCUT2D eigenvalue weighted by atomic mass is 10.1. The number of para-hydroxylation sites is 1. The summed E-state index contributed by atoms with van der Waals surface area (Å²) in [4.78, 5) is 24.9. The van der Waals surface area contributed by atoms with Crippen LogP contribution in [-0.2, 0) is 17.1 Å². The van der Waals surface area contributed by atoms with Gasteiger partial charge in [0.1, 0.15) is 0 Å². The maximum Gasteiger partial charge on any atom is 0.307 e. The van der Waals surface area contributed by atoms with Crippen LogP contribution in [0.5, 0.6) is 0 Å². The fourth-order valence-corrected chi connectivity index (χ4v) is 5.38. The minimum Gasteiger partial charge on any atom is -0.322 e. The van der Waals surface area contributed by atoms with Crippen LogP contribution in [0.25, 0.3) is 10.2 Å². The molecule has 158 valence electrons. The molecule has 0 saturated carbocycles. The molecule has 0 atom stereocenters. The van der Waals surface area contributed by atoms with Crippen molar-refractivity contribution in [2.45, 2.75) is 4.90 Å². The van der Waals surface area contributed by atoms with E-state index in [1.165, 1.54) is 19.2 Å². The summed E-state index contributed by atoms with van der Waals surface area (Å²) in [6.07, 6.45) is 0. The molecule has 0 saturated heterocycles. The van der Waals surface area contributed by atoms with Crippen LogP contribution in [0.3, 0.4) is 0 Å². The summed E-state index contributed by atoms with van der Waals surface area (Å²) in [5, 5.41) is 2.80. The van der Waals surface area contributed by atoms with Crippen molar-refractivity contribution in [1.29, 1.82) is 0 Å². The van der Waals surface area contributed by atoms with Gasteiger partial charge in [0, 0.05) is 19.8 Å². The van der Waals surface area contributed by atoms with Gasteiger partial charge in [-0.3, -0.25) is 13.9 Å². The van der Waals surface area contributed by atoms with E-state index < -0.39 is 15.9 Å². The first-order valence-electron chi connectivity index (χ1n) is 9.33. The smallest absolute Gasteiger partial charge is 0.307 e. The molecule has 1 aromatic heterocycles. The van der Waals surface area contributed by atoms with Crippen molar-refractivity contribution in [3.05, 3.63) is 88.0 Å². The molecule has 31 heavy (non-hydrogen) atoms. The Bertz CT molecular complexity index is 1440. The van der Waals surface area contributed by atoms with Crippen molar-refractivity contribution in [3.63, 3.8) is 0 Å². The molecule has 0 spiro atoms. The number of hydrogen-bond acceptors (Lipinski definition) is 5. The number of benzene rings is 3. The molecular formula is C22H19N3O4S2. The Labute approximate surface area is 183 Å². The predicted molar refractivity (Wildman–Crippen MR) is 123 cm³/mol. The Morgan fingerprint density at radius 2 is 1.68 bits per heavy atom. The van der Waals surface area contributed by atoms with E-state index in [9.17, 15) is 18.0 Å². The molecule has 1 amide bonds. The predicted octanol–water partition coefficient (Wildman–Crippen LogP) is 3.68. The Morgan fingerprint density at radius 3 is 2.42 bits per heavy atom. The maximum absolute atomic E-state index is 13.0. The van der Waals surface area contributed by atoms with E-state index in [0.717, 1.165) is 25.9 Å². The highest BCUT2D eigenvalue weighted by atomic mass is 32.2. The quantitative estimate of drug-likeness (QED) is 0.499. The molecule has 1 N–H and O–H groups in total. The first kappa shape index (κ1) is 20.8. The van der Waals surface area contributed by atoms with Crippen LogP contribution in [0.15, 0.2) is 82.5 Å². The van der Waals surface area contributed by atoms with Gasteiger partial charge in [-0.05, 0) is 42.5 Å². The van der Waals surface area contributed by atoms with Crippen LogP contribution in [0.2, 0.25) is 0 Å². The number of fused-ring (bicyclic) bond motifs is 1. The van der Waals surface area contributed by atoms with Gasteiger partial charge in [-0.2, -0.15) is 0 Å². The lowest BCUT2D eigenvalue weighted by molar-refractivity contribution is 0.102. The zero-order valence-electron chi connectivity index (χ0n) is 16.8. The molecule has 3 aromatic carbocycles. The molecule has 0 radical (unpaired) electrons. The van der Waals surface area contributed by atoms with Crippen LogP contribution < -0.4 is 14.5 Å². The molecule has 0 fully saturated rings. The molecule has 0 unspecified atom stereocenters. The number of hydrogen-bond donors (Lipinski definition) is 1. The summed E-state index contributed by atoms with van der Waals surface area (Å²) in [5.74, 6) is -0.451. The molecule has 0 bridgehead atoms. The highest BCUT2D eigenvalue weighted by molar-refractivity contribution is 7.92. The maximum atomic E-state index is 13.0. The number of anilines is 2. The number of rotatable bonds is 5. The third-order valence-electron chi connectivity index (χ3n) is 4.94. The number of nitrogens with zero attached hydrogens (tertiary/aromatic N) is 2. The second-order valence-corrected chi connectivity index (χ2v) is 9.83. The third kappa shape index (κ3) is 3.85. The average Bonchev–Trinajstić information content (AvgIpc) is 3.06. The van der Waals surface area contributed by atoms with Crippen molar-refractivity contribution >= 4 is 48.9 Å². The fourth-order valence-electron chi connectivity index (χ4n) is 3.23. The minimum absolute atomic E-state index is 0.0865. The summed E-state index contributed by atoms with van der Waals surface area (Å²) >= 11 is 1.09. The van der Waals surface area contributed by atoms with Gasteiger partial charge in [0.25, 0.3) is 15.9 Å². The molecule has 0 aliphatic rings. The second-order valence-electron chi connectivity index (χ2n) is 6.87. The number of amides is 1. The number of thiazole rings is 1. The van der Waals surface area contributed by atoms with Crippen molar-refractivity contribution < 1.29 is 13.2 Å². The van der Waals surface area contributed by atoms with Crippen LogP contribution in [0, 0.1) is 0 Å². The van der Waals surface area contributed by atoms with Crippen LogP contribution in [0.1, 0.15) is 10.4 Å². The topological polar surface area (TPSA) is 88.5 Å². The van der Waals surface area contributed by atoms with Crippen molar-refractivity contribution in [3.8, 4) is 0 Å². The summed E-state index contributed by atoms with van der Waals surface area (Å²) in [7, 11) is -0.723. The molecule has 0 aliphatic carbocycles. The lowest BCUT2D eigenvalue weighted by Gasteiger charge is -2.22. The third-order valence-corrected chi connectivity index (χ3v) is 7.72. The van der Waals surface area contributed by atoms with Gasteiger partial charge in [0.05, 0.1) is 26.4 Å². The first-order valence-corrected chi connectivity index (χ1v) is 11.6. The van der Waals surface area contributed by atoms with Crippen molar-refractivity contribution in [2.75, 3.05) is 16.7 Å². The van der Waals surface area contributed by atoms with Crippen LogP contribution in [0.4, 0.5) is 11.4 Å². The molecule has 7 nitrogen and oxygen atoms in total. The van der Waals surface area contributed by atoms with Gasteiger partial charge < -0.3 is 9.88 Å².